The lowest BCUT2D eigenvalue weighted by Crippen LogP contribution is -2.51. The van der Waals surface area contributed by atoms with Crippen molar-refractivity contribution in [1.29, 1.82) is 10.8 Å². The lowest BCUT2D eigenvalue weighted by molar-refractivity contribution is 0.406. The number of fused-ring (bicyclic) bond motifs is 2. The summed E-state index contributed by atoms with van der Waals surface area (Å²) in [6.07, 6.45) is 0. The summed E-state index contributed by atoms with van der Waals surface area (Å²) in [4.78, 5) is 0. The maximum Gasteiger partial charge on any atom is 0.226 e. The van der Waals surface area contributed by atoms with Gasteiger partial charge < -0.3 is 37.2 Å². The molecule has 10 N–H and O–H groups in total. The molecule has 2 aliphatic heterocycles. The number of amidine groups is 2. The van der Waals surface area contributed by atoms with E-state index in [-0.39, 0.29) is 11.7 Å². The summed E-state index contributed by atoms with van der Waals surface area (Å²) in [5.41, 5.74) is 12.7. The molecule has 0 radical (unpaired) electrons. The van der Waals surface area contributed by atoms with E-state index in [9.17, 15) is 0 Å². The summed E-state index contributed by atoms with van der Waals surface area (Å²) in [6, 6.07) is 18.6. The number of hydrogen-bond donors (Lipinski definition) is 8. The fourth-order valence-electron chi connectivity index (χ4n) is 3.79. The molecule has 0 aliphatic carbocycles. The van der Waals surface area contributed by atoms with E-state index in [1.54, 1.807) is 12.1 Å². The maximum atomic E-state index is 8.20. The van der Waals surface area contributed by atoms with Crippen LogP contribution < -0.4 is 32.7 Å². The number of benzene rings is 2. The average Bonchev–Trinajstić information content (AvgIpc) is 3.42. The quantitative estimate of drug-likeness (QED) is 0.252. The van der Waals surface area contributed by atoms with Gasteiger partial charge in [-0.05, 0) is 36.4 Å². The number of furan rings is 1. The highest BCUT2D eigenvalue weighted by atomic mass is 16.3. The summed E-state index contributed by atoms with van der Waals surface area (Å²) >= 11 is 0. The number of anilines is 4. The highest BCUT2D eigenvalue weighted by Gasteiger charge is 2.48. The zero-order chi connectivity index (χ0) is 20.2. The zero-order valence-electron chi connectivity index (χ0n) is 15.3. The normalized spacial score (nSPS) is 17.1. The fourth-order valence-corrected chi connectivity index (χ4v) is 3.79. The van der Waals surface area contributed by atoms with Crippen LogP contribution >= 0.6 is 0 Å². The van der Waals surface area contributed by atoms with Crippen LogP contribution in [0.25, 0.3) is 0 Å². The van der Waals surface area contributed by atoms with Gasteiger partial charge in [0.15, 0.2) is 11.5 Å². The monoisotopic (exact) mass is 388 g/mol. The average molecular weight is 388 g/mol. The van der Waals surface area contributed by atoms with Crippen molar-refractivity contribution >= 4 is 34.4 Å². The third kappa shape index (κ3) is 2.27. The third-order valence-corrected chi connectivity index (χ3v) is 5.30. The smallest absolute Gasteiger partial charge is 0.226 e. The largest absolute Gasteiger partial charge is 0.456 e. The number of hydrogen-bond acceptors (Lipinski definition) is 7. The molecule has 0 atom stereocenters. The van der Waals surface area contributed by atoms with Crippen molar-refractivity contribution in [2.24, 2.45) is 11.5 Å². The molecule has 2 aromatic carbocycles. The highest BCUT2D eigenvalue weighted by molar-refractivity contribution is 6.00. The molecule has 9 nitrogen and oxygen atoms in total. The molecule has 146 valence electrons. The fraction of sp³-hybridized carbons (Fsp3) is 0.100. The van der Waals surface area contributed by atoms with Gasteiger partial charge in [-0.3, -0.25) is 10.8 Å². The van der Waals surface area contributed by atoms with Gasteiger partial charge in [-0.15, -0.1) is 0 Å². The van der Waals surface area contributed by atoms with Crippen LogP contribution in [0, 0.1) is 10.8 Å². The first-order valence-corrected chi connectivity index (χ1v) is 9.05. The van der Waals surface area contributed by atoms with Crippen LogP contribution in [0.5, 0.6) is 0 Å². The van der Waals surface area contributed by atoms with Gasteiger partial charge in [0.25, 0.3) is 0 Å². The van der Waals surface area contributed by atoms with Gasteiger partial charge in [-0.2, -0.15) is 0 Å². The summed E-state index contributed by atoms with van der Waals surface area (Å²) in [7, 11) is 0. The Morgan fingerprint density at radius 3 is 1.21 bits per heavy atom. The van der Waals surface area contributed by atoms with Crippen molar-refractivity contribution in [3.8, 4) is 0 Å². The second-order valence-corrected chi connectivity index (χ2v) is 7.08. The predicted molar refractivity (Wildman–Crippen MR) is 113 cm³/mol. The Balaban J connectivity index is 1.57. The van der Waals surface area contributed by atoms with Crippen molar-refractivity contribution < 1.29 is 4.42 Å². The van der Waals surface area contributed by atoms with Crippen LogP contribution in [0.3, 0.4) is 0 Å². The first-order chi connectivity index (χ1) is 13.9. The second kappa shape index (κ2) is 5.68. The molecule has 5 rings (SSSR count). The van der Waals surface area contributed by atoms with Gasteiger partial charge in [0.05, 0.1) is 22.7 Å². The topological polar surface area (TPSA) is 161 Å². The Bertz CT molecular complexity index is 1010. The van der Waals surface area contributed by atoms with Crippen LogP contribution in [0.15, 0.2) is 65.1 Å². The zero-order valence-corrected chi connectivity index (χ0v) is 15.3. The lowest BCUT2D eigenvalue weighted by Gasteiger charge is -2.29. The molecule has 0 spiro atoms. The number of para-hydroxylation sites is 4. The molecular weight excluding hydrogens is 368 g/mol. The van der Waals surface area contributed by atoms with Crippen molar-refractivity contribution in [2.45, 2.75) is 11.3 Å². The van der Waals surface area contributed by atoms with Gasteiger partial charge in [0, 0.05) is 0 Å². The van der Waals surface area contributed by atoms with E-state index in [1.807, 2.05) is 48.5 Å². The van der Waals surface area contributed by atoms with Crippen LogP contribution in [0.1, 0.15) is 11.5 Å². The molecule has 0 fully saturated rings. The summed E-state index contributed by atoms with van der Waals surface area (Å²) in [6.45, 7) is 0. The Morgan fingerprint density at radius 2 is 0.931 bits per heavy atom. The van der Waals surface area contributed by atoms with Crippen molar-refractivity contribution in [1.82, 2.24) is 0 Å². The molecule has 3 heterocycles. The Labute approximate surface area is 166 Å². The van der Waals surface area contributed by atoms with Gasteiger partial charge in [-0.25, -0.2) is 0 Å². The lowest BCUT2D eigenvalue weighted by atomic mass is 10.1. The molecule has 9 heteroatoms. The van der Waals surface area contributed by atoms with E-state index >= 15 is 0 Å². The van der Waals surface area contributed by atoms with Crippen molar-refractivity contribution in [3.05, 3.63) is 72.2 Å². The molecule has 29 heavy (non-hydrogen) atoms. The van der Waals surface area contributed by atoms with E-state index in [0.717, 1.165) is 22.7 Å². The molecule has 0 saturated heterocycles. The Morgan fingerprint density at radius 1 is 0.621 bits per heavy atom. The summed E-state index contributed by atoms with van der Waals surface area (Å²) in [5, 5.41) is 29.4. The maximum absolute atomic E-state index is 8.20. The van der Waals surface area contributed by atoms with E-state index in [2.05, 4.69) is 21.3 Å². The minimum Gasteiger partial charge on any atom is -0.456 e. The molecule has 0 amide bonds. The predicted octanol–water partition coefficient (Wildman–Crippen LogP) is 2.53. The SMILES string of the molecule is N=C(N)C1(c2ccc(C3(C(=N)N)Nc4ccccc4N3)o2)Nc2ccccc2N1. The molecule has 0 bridgehead atoms. The van der Waals surface area contributed by atoms with Crippen LogP contribution in [0.2, 0.25) is 0 Å². The van der Waals surface area contributed by atoms with Crippen LogP contribution in [0.4, 0.5) is 22.7 Å². The first kappa shape index (κ1) is 17.0. The summed E-state index contributed by atoms with van der Waals surface area (Å²) < 4.78 is 6.15. The number of rotatable bonds is 4. The van der Waals surface area contributed by atoms with E-state index < -0.39 is 11.3 Å². The highest BCUT2D eigenvalue weighted by Crippen LogP contribution is 2.43. The minimum absolute atomic E-state index is 0.151. The molecule has 2 aliphatic rings. The second-order valence-electron chi connectivity index (χ2n) is 7.08. The van der Waals surface area contributed by atoms with Gasteiger partial charge in [0.1, 0.15) is 11.7 Å². The van der Waals surface area contributed by atoms with Gasteiger partial charge in [-0.1, -0.05) is 24.3 Å². The standard InChI is InChI=1S/C20H20N8O/c21-17(22)19(25-11-5-1-2-6-12(11)26-19)15-9-10-16(29-15)20(18(23)24)27-13-7-3-4-8-14(13)28-20/h1-10,25-28H,(H3,21,22)(H3,23,24). The molecule has 0 unspecified atom stereocenters. The van der Waals surface area contributed by atoms with E-state index in [4.69, 9.17) is 26.7 Å². The molecule has 3 aromatic rings. The van der Waals surface area contributed by atoms with Gasteiger partial charge in [0.2, 0.25) is 11.3 Å². The van der Waals surface area contributed by atoms with Crippen LogP contribution in [-0.4, -0.2) is 11.7 Å². The van der Waals surface area contributed by atoms with Crippen molar-refractivity contribution in [2.75, 3.05) is 21.3 Å². The van der Waals surface area contributed by atoms with E-state index in [1.165, 1.54) is 0 Å². The molecular formula is C20H20N8O. The van der Waals surface area contributed by atoms with E-state index in [0.29, 0.717) is 11.5 Å². The van der Waals surface area contributed by atoms with Crippen molar-refractivity contribution in [3.63, 3.8) is 0 Å². The minimum atomic E-state index is -1.23. The number of nitrogens with one attached hydrogen (secondary N) is 6. The molecule has 1 aromatic heterocycles. The van der Waals surface area contributed by atoms with Crippen LogP contribution in [-0.2, 0) is 11.3 Å². The van der Waals surface area contributed by atoms with Gasteiger partial charge >= 0.3 is 0 Å². The Kier molecular flexibility index (Phi) is 3.33. The molecule has 0 saturated carbocycles. The summed E-state index contributed by atoms with van der Waals surface area (Å²) in [5.74, 6) is 0.469. The third-order valence-electron chi connectivity index (χ3n) is 5.30. The first-order valence-electron chi connectivity index (χ1n) is 9.05. The Hall–Kier alpha value is -4.14. The number of nitrogens with two attached hydrogens (primary N) is 2.